The first-order valence-corrected chi connectivity index (χ1v) is 7.54. The van der Waals surface area contributed by atoms with E-state index in [1.165, 1.54) is 0 Å². The van der Waals surface area contributed by atoms with Crippen LogP contribution in [0.5, 0.6) is 0 Å². The predicted octanol–water partition coefficient (Wildman–Crippen LogP) is 3.06. The Morgan fingerprint density at radius 2 is 1.80 bits per heavy atom. The summed E-state index contributed by atoms with van der Waals surface area (Å²) in [4.78, 5) is 23.1. The van der Waals surface area contributed by atoms with E-state index in [1.54, 1.807) is 0 Å². The molecule has 1 fully saturated rings. The minimum Gasteiger partial charge on any atom is -0.449 e. The molecule has 0 aromatic rings. The highest BCUT2D eigenvalue weighted by molar-refractivity contribution is 6.17. The van der Waals surface area contributed by atoms with E-state index in [0.29, 0.717) is 12.5 Å². The Balaban J connectivity index is 2.23. The van der Waals surface area contributed by atoms with Gasteiger partial charge in [0.2, 0.25) is 0 Å². The number of ether oxygens (including phenoxy) is 2. The van der Waals surface area contributed by atoms with Crippen LogP contribution >= 0.6 is 11.6 Å². The molecule has 1 N–H and O–H groups in total. The van der Waals surface area contributed by atoms with Gasteiger partial charge in [0.1, 0.15) is 5.60 Å². The van der Waals surface area contributed by atoms with Crippen LogP contribution < -0.4 is 5.32 Å². The summed E-state index contributed by atoms with van der Waals surface area (Å²) in [7, 11) is 0. The van der Waals surface area contributed by atoms with Crippen molar-refractivity contribution in [1.29, 1.82) is 0 Å². The predicted molar refractivity (Wildman–Crippen MR) is 76.5 cm³/mol. The Labute approximate surface area is 125 Å². The van der Waals surface area contributed by atoms with Gasteiger partial charge in [0, 0.05) is 6.54 Å². The van der Waals surface area contributed by atoms with Gasteiger partial charge in [0.25, 0.3) is 0 Å². The zero-order chi connectivity index (χ0) is 15.2. The standard InChI is InChI=1S/C14H24ClNO4/c1-14(2,3)20-13(18)16-8-10-4-6-11(7-5-10)12(17)19-9-15/h10-11H,4-9H2,1-3H3,(H,16,18). The average Bonchev–Trinajstić information content (AvgIpc) is 2.35. The number of nitrogens with one attached hydrogen (secondary N) is 1. The van der Waals surface area contributed by atoms with Crippen LogP contribution in [0.3, 0.4) is 0 Å². The molecule has 20 heavy (non-hydrogen) atoms. The number of hydrogen-bond donors (Lipinski definition) is 1. The zero-order valence-corrected chi connectivity index (χ0v) is 13.2. The fourth-order valence-electron chi connectivity index (χ4n) is 2.32. The van der Waals surface area contributed by atoms with Crippen molar-refractivity contribution in [2.75, 3.05) is 12.6 Å². The SMILES string of the molecule is CC(C)(C)OC(=O)NCC1CCC(C(=O)OCCl)CC1. The van der Waals surface area contributed by atoms with Crippen LogP contribution in [0.15, 0.2) is 0 Å². The highest BCUT2D eigenvalue weighted by Gasteiger charge is 2.27. The van der Waals surface area contributed by atoms with E-state index in [9.17, 15) is 9.59 Å². The highest BCUT2D eigenvalue weighted by atomic mass is 35.5. The first-order chi connectivity index (χ1) is 9.31. The monoisotopic (exact) mass is 305 g/mol. The third-order valence-corrected chi connectivity index (χ3v) is 3.42. The van der Waals surface area contributed by atoms with Crippen LogP contribution in [0.4, 0.5) is 4.79 Å². The van der Waals surface area contributed by atoms with Crippen LogP contribution in [0.1, 0.15) is 46.5 Å². The van der Waals surface area contributed by atoms with Crippen molar-refractivity contribution >= 4 is 23.7 Å². The van der Waals surface area contributed by atoms with Crippen molar-refractivity contribution in [3.05, 3.63) is 0 Å². The third kappa shape index (κ3) is 6.46. The number of hydrogen-bond acceptors (Lipinski definition) is 4. The summed E-state index contributed by atoms with van der Waals surface area (Å²) < 4.78 is 9.99. The van der Waals surface area contributed by atoms with Crippen molar-refractivity contribution in [3.8, 4) is 0 Å². The van der Waals surface area contributed by atoms with Gasteiger partial charge >= 0.3 is 12.1 Å². The molecule has 5 nitrogen and oxygen atoms in total. The molecule has 0 aromatic carbocycles. The number of halogens is 1. The molecular formula is C14H24ClNO4. The fourth-order valence-corrected chi connectivity index (χ4v) is 2.42. The molecule has 0 spiro atoms. The Hall–Kier alpha value is -0.970. The number of carbonyl (C=O) groups is 2. The van der Waals surface area contributed by atoms with E-state index >= 15 is 0 Å². The summed E-state index contributed by atoms with van der Waals surface area (Å²) in [6, 6.07) is -0.0844. The number of esters is 1. The van der Waals surface area contributed by atoms with E-state index in [2.05, 4.69) is 5.32 Å². The lowest BCUT2D eigenvalue weighted by Crippen LogP contribution is -2.36. The molecule has 0 atom stereocenters. The largest absolute Gasteiger partial charge is 0.449 e. The van der Waals surface area contributed by atoms with E-state index in [1.807, 2.05) is 20.8 Å². The quantitative estimate of drug-likeness (QED) is 0.640. The van der Waals surface area contributed by atoms with Gasteiger partial charge in [-0.1, -0.05) is 11.6 Å². The van der Waals surface area contributed by atoms with Gasteiger partial charge in [-0.25, -0.2) is 4.79 Å². The van der Waals surface area contributed by atoms with E-state index in [0.717, 1.165) is 25.7 Å². The van der Waals surface area contributed by atoms with Gasteiger partial charge < -0.3 is 14.8 Å². The molecule has 0 bridgehead atoms. The molecule has 0 radical (unpaired) electrons. The van der Waals surface area contributed by atoms with Crippen LogP contribution in [-0.2, 0) is 14.3 Å². The summed E-state index contributed by atoms with van der Waals surface area (Å²) in [6.45, 7) is 6.09. The second-order valence-electron chi connectivity index (χ2n) is 6.17. The average molecular weight is 306 g/mol. The van der Waals surface area contributed by atoms with Crippen molar-refractivity contribution in [2.45, 2.75) is 52.1 Å². The topological polar surface area (TPSA) is 64.6 Å². The Kier molecular flexibility index (Phi) is 6.59. The zero-order valence-electron chi connectivity index (χ0n) is 12.4. The molecule has 0 aliphatic heterocycles. The molecule has 0 aromatic heterocycles. The summed E-state index contributed by atoms with van der Waals surface area (Å²) in [5.74, 6) is 0.132. The minimum absolute atomic E-state index is 0.0495. The molecule has 116 valence electrons. The lowest BCUT2D eigenvalue weighted by atomic mass is 9.82. The van der Waals surface area contributed by atoms with Gasteiger partial charge in [-0.2, -0.15) is 0 Å². The number of alkyl carbamates (subject to hydrolysis) is 1. The first-order valence-electron chi connectivity index (χ1n) is 7.01. The van der Waals surface area contributed by atoms with E-state index in [-0.39, 0.29) is 24.0 Å². The smallest absolute Gasteiger partial charge is 0.407 e. The van der Waals surface area contributed by atoms with Crippen molar-refractivity contribution in [3.63, 3.8) is 0 Å². The van der Waals surface area contributed by atoms with Crippen LogP contribution in [-0.4, -0.2) is 30.3 Å². The highest BCUT2D eigenvalue weighted by Crippen LogP contribution is 2.29. The number of alkyl halides is 1. The summed E-state index contributed by atoms with van der Waals surface area (Å²) in [6.07, 6.45) is 2.99. The Bertz CT molecular complexity index is 333. The molecule has 6 heteroatoms. The molecule has 0 unspecified atom stereocenters. The molecule has 1 amide bonds. The van der Waals surface area contributed by atoms with Crippen molar-refractivity contribution < 1.29 is 19.1 Å². The van der Waals surface area contributed by atoms with Crippen LogP contribution in [0, 0.1) is 11.8 Å². The first kappa shape index (κ1) is 17.1. The third-order valence-electron chi connectivity index (χ3n) is 3.31. The lowest BCUT2D eigenvalue weighted by molar-refractivity contribution is -0.147. The molecule has 1 rings (SSSR count). The Morgan fingerprint density at radius 1 is 1.20 bits per heavy atom. The molecule has 0 heterocycles. The minimum atomic E-state index is -0.479. The van der Waals surface area contributed by atoms with E-state index in [4.69, 9.17) is 21.1 Å². The lowest BCUT2D eigenvalue weighted by Gasteiger charge is -2.27. The molecule has 1 aliphatic rings. The number of amides is 1. The van der Waals surface area contributed by atoms with Gasteiger partial charge in [0.05, 0.1) is 5.92 Å². The van der Waals surface area contributed by atoms with Gasteiger partial charge in [0.15, 0.2) is 6.07 Å². The van der Waals surface area contributed by atoms with Gasteiger partial charge in [-0.05, 0) is 52.4 Å². The fraction of sp³-hybridized carbons (Fsp3) is 0.857. The normalized spacial score (nSPS) is 23.0. The second kappa shape index (κ2) is 7.72. The number of carbonyl (C=O) groups excluding carboxylic acids is 2. The maximum atomic E-state index is 11.5. The molecule has 0 saturated heterocycles. The second-order valence-corrected chi connectivity index (χ2v) is 6.39. The van der Waals surface area contributed by atoms with Gasteiger partial charge in [-0.3, -0.25) is 4.79 Å². The summed E-state index contributed by atoms with van der Waals surface area (Å²) >= 11 is 5.38. The molecule has 1 saturated carbocycles. The van der Waals surface area contributed by atoms with Crippen molar-refractivity contribution in [2.24, 2.45) is 11.8 Å². The number of rotatable bonds is 4. The van der Waals surface area contributed by atoms with Gasteiger partial charge in [-0.15, -0.1) is 0 Å². The van der Waals surface area contributed by atoms with E-state index < -0.39 is 5.60 Å². The Morgan fingerprint density at radius 3 is 2.30 bits per heavy atom. The van der Waals surface area contributed by atoms with Crippen LogP contribution in [0.2, 0.25) is 0 Å². The maximum absolute atomic E-state index is 11.5. The summed E-state index contributed by atoms with van der Waals surface area (Å²) in [5, 5.41) is 2.78. The summed E-state index contributed by atoms with van der Waals surface area (Å²) in [5.41, 5.74) is -0.479. The maximum Gasteiger partial charge on any atom is 0.407 e. The molecular weight excluding hydrogens is 282 g/mol. The van der Waals surface area contributed by atoms with Crippen molar-refractivity contribution in [1.82, 2.24) is 5.32 Å². The molecule has 1 aliphatic carbocycles. The van der Waals surface area contributed by atoms with Crippen LogP contribution in [0.25, 0.3) is 0 Å².